The zero-order valence-electron chi connectivity index (χ0n) is 24.9. The van der Waals surface area contributed by atoms with Crippen LogP contribution in [0.15, 0.2) is 114 Å². The number of rotatable bonds is 13. The highest BCUT2D eigenvalue weighted by Crippen LogP contribution is 2.28. The highest BCUT2D eigenvalue weighted by atomic mass is 32.2. The van der Waals surface area contributed by atoms with Crippen molar-refractivity contribution in [2.75, 3.05) is 17.4 Å². The minimum absolute atomic E-state index is 0.0132. The predicted octanol–water partition coefficient (Wildman–Crippen LogP) is 6.00. The van der Waals surface area contributed by atoms with Crippen LogP contribution in [0.3, 0.4) is 0 Å². The molecule has 0 saturated carbocycles. The monoisotopic (exact) mass is 617 g/mol. The average Bonchev–Trinajstić information content (AvgIpc) is 3.03. The van der Waals surface area contributed by atoms with Crippen molar-refractivity contribution in [1.82, 2.24) is 10.2 Å². The summed E-state index contributed by atoms with van der Waals surface area (Å²) in [5, 5.41) is 2.81. The number of para-hydroxylation sites is 1. The van der Waals surface area contributed by atoms with Gasteiger partial charge >= 0.3 is 0 Å². The number of ether oxygens (including phenoxy) is 1. The molecular weight excluding hydrogens is 581 g/mol. The number of hydrogen-bond donors (Lipinski definition) is 1. The van der Waals surface area contributed by atoms with Crippen LogP contribution in [0.1, 0.15) is 26.3 Å². The van der Waals surface area contributed by atoms with Gasteiger partial charge in [-0.1, -0.05) is 68.4 Å². The van der Waals surface area contributed by atoms with Gasteiger partial charge in [-0.3, -0.25) is 13.9 Å². The molecule has 0 saturated heterocycles. The fourth-order valence-corrected chi connectivity index (χ4v) is 5.83. The Kier molecular flexibility index (Phi) is 10.7. The third-order valence-corrected chi connectivity index (χ3v) is 8.65. The van der Waals surface area contributed by atoms with E-state index in [0.717, 1.165) is 4.31 Å². The summed E-state index contributed by atoms with van der Waals surface area (Å²) >= 11 is 0. The van der Waals surface area contributed by atoms with Gasteiger partial charge in [0.25, 0.3) is 10.0 Å². The molecule has 0 aliphatic rings. The molecule has 8 nitrogen and oxygen atoms in total. The maximum atomic E-state index is 14.7. The smallest absolute Gasteiger partial charge is 0.264 e. The van der Waals surface area contributed by atoms with Gasteiger partial charge < -0.3 is 15.0 Å². The number of hydrogen-bond acceptors (Lipinski definition) is 5. The van der Waals surface area contributed by atoms with Crippen molar-refractivity contribution >= 4 is 27.5 Å². The van der Waals surface area contributed by atoms with E-state index in [-0.39, 0.29) is 28.6 Å². The highest BCUT2D eigenvalue weighted by Gasteiger charge is 2.33. The van der Waals surface area contributed by atoms with E-state index < -0.39 is 40.2 Å². The first-order chi connectivity index (χ1) is 21.1. The molecule has 2 amide bonds. The number of nitrogens with one attached hydrogen (secondary N) is 1. The lowest BCUT2D eigenvalue weighted by Crippen LogP contribution is -2.51. The lowest BCUT2D eigenvalue weighted by atomic mass is 10.1. The number of sulfonamides is 1. The Balaban J connectivity index is 1.69. The minimum Gasteiger partial charge on any atom is -0.457 e. The van der Waals surface area contributed by atoms with Crippen molar-refractivity contribution in [2.45, 2.75) is 38.3 Å². The maximum Gasteiger partial charge on any atom is 0.264 e. The van der Waals surface area contributed by atoms with Gasteiger partial charge in [0.1, 0.15) is 29.9 Å². The van der Waals surface area contributed by atoms with Crippen LogP contribution in [0.4, 0.5) is 10.1 Å². The van der Waals surface area contributed by atoms with Gasteiger partial charge in [-0.25, -0.2) is 12.8 Å². The Morgan fingerprint density at radius 1 is 0.795 bits per heavy atom. The molecule has 0 heterocycles. The number of carbonyl (C=O) groups excluding carboxylic acids is 2. The van der Waals surface area contributed by atoms with Gasteiger partial charge in [0.2, 0.25) is 11.8 Å². The molecule has 10 heteroatoms. The molecule has 0 fully saturated rings. The van der Waals surface area contributed by atoms with Gasteiger partial charge in [-0.05, 0) is 67.4 Å². The fourth-order valence-electron chi connectivity index (χ4n) is 4.40. The molecule has 0 aromatic heterocycles. The Hall–Kier alpha value is -4.70. The molecular formula is C34H36FN3O5S. The summed E-state index contributed by atoms with van der Waals surface area (Å²) in [6.07, 6.45) is 0. The second-order valence-corrected chi connectivity index (χ2v) is 12.5. The minimum atomic E-state index is -4.23. The number of anilines is 1. The van der Waals surface area contributed by atoms with Crippen LogP contribution in [0.5, 0.6) is 11.5 Å². The van der Waals surface area contributed by atoms with Gasteiger partial charge in [0, 0.05) is 18.7 Å². The molecule has 0 aliphatic carbocycles. The largest absolute Gasteiger partial charge is 0.457 e. The van der Waals surface area contributed by atoms with Crippen molar-refractivity contribution in [3.63, 3.8) is 0 Å². The lowest BCUT2D eigenvalue weighted by Gasteiger charge is -2.32. The van der Waals surface area contributed by atoms with Crippen LogP contribution < -0.4 is 14.4 Å². The molecule has 1 N–H and O–H groups in total. The maximum absolute atomic E-state index is 14.7. The Morgan fingerprint density at radius 2 is 1.36 bits per heavy atom. The van der Waals surface area contributed by atoms with E-state index in [0.29, 0.717) is 18.0 Å². The van der Waals surface area contributed by atoms with E-state index in [9.17, 15) is 22.4 Å². The first-order valence-corrected chi connectivity index (χ1v) is 15.7. The predicted molar refractivity (Wildman–Crippen MR) is 168 cm³/mol. The highest BCUT2D eigenvalue weighted by molar-refractivity contribution is 7.92. The second-order valence-electron chi connectivity index (χ2n) is 10.7. The lowest BCUT2D eigenvalue weighted by molar-refractivity contribution is -0.139. The van der Waals surface area contributed by atoms with E-state index in [2.05, 4.69) is 5.32 Å². The number of benzene rings is 4. The molecule has 0 unspecified atom stereocenters. The van der Waals surface area contributed by atoms with E-state index in [1.54, 1.807) is 67.6 Å². The Bertz CT molecular complexity index is 1650. The third-order valence-electron chi connectivity index (χ3n) is 6.86. The quantitative estimate of drug-likeness (QED) is 0.199. The summed E-state index contributed by atoms with van der Waals surface area (Å²) in [5.41, 5.74) is 0.412. The normalized spacial score (nSPS) is 11.9. The Labute approximate surface area is 258 Å². The van der Waals surface area contributed by atoms with E-state index >= 15 is 0 Å². The molecule has 4 rings (SSSR count). The average molecular weight is 618 g/mol. The molecule has 44 heavy (non-hydrogen) atoms. The molecule has 0 spiro atoms. The summed E-state index contributed by atoms with van der Waals surface area (Å²) < 4.78 is 49.4. The van der Waals surface area contributed by atoms with Gasteiger partial charge in [-0.15, -0.1) is 0 Å². The van der Waals surface area contributed by atoms with Crippen molar-refractivity contribution < 1.29 is 27.1 Å². The zero-order chi connectivity index (χ0) is 31.7. The molecule has 4 aromatic carbocycles. The SMILES string of the molecule is CC(C)CNC(=O)[C@@H](C)N(Cc1ccccc1F)C(=O)CN(c1ccc(Oc2ccccc2)cc1)S(=O)(=O)c1ccccc1. The van der Waals surface area contributed by atoms with Crippen LogP contribution in [-0.4, -0.2) is 44.3 Å². The number of halogens is 1. The third kappa shape index (κ3) is 8.23. The topological polar surface area (TPSA) is 96.0 Å². The van der Waals surface area contributed by atoms with Gasteiger partial charge in [0.15, 0.2) is 0 Å². The number of carbonyl (C=O) groups is 2. The molecule has 0 aliphatic heterocycles. The van der Waals surface area contributed by atoms with Crippen LogP contribution in [0, 0.1) is 11.7 Å². The molecule has 4 aromatic rings. The van der Waals surface area contributed by atoms with Gasteiger partial charge in [0.05, 0.1) is 10.6 Å². The summed E-state index contributed by atoms with van der Waals surface area (Å²) in [7, 11) is -4.23. The fraction of sp³-hybridized carbons (Fsp3) is 0.235. The van der Waals surface area contributed by atoms with Crippen LogP contribution in [0.25, 0.3) is 0 Å². The summed E-state index contributed by atoms with van der Waals surface area (Å²) in [6.45, 7) is 4.94. The van der Waals surface area contributed by atoms with Crippen molar-refractivity contribution in [3.05, 3.63) is 121 Å². The number of nitrogens with zero attached hydrogens (tertiary/aromatic N) is 2. The van der Waals surface area contributed by atoms with Gasteiger partial charge in [-0.2, -0.15) is 0 Å². The van der Waals surface area contributed by atoms with Crippen molar-refractivity contribution in [2.24, 2.45) is 5.92 Å². The van der Waals surface area contributed by atoms with E-state index in [1.807, 2.05) is 32.0 Å². The standard InChI is InChI=1S/C34H36FN3O5S/c1-25(2)22-36-34(40)26(3)37(23-27-12-10-11-17-32(27)35)33(39)24-38(44(41,42)31-15-8-5-9-16-31)28-18-20-30(21-19-28)43-29-13-6-4-7-14-29/h4-21,25-26H,22-24H2,1-3H3,(H,36,40)/t26-/m1/s1. The molecule has 230 valence electrons. The summed E-state index contributed by atoms with van der Waals surface area (Å²) in [6, 6.07) is 28.2. The second kappa shape index (κ2) is 14.7. The first-order valence-electron chi connectivity index (χ1n) is 14.3. The van der Waals surface area contributed by atoms with Crippen LogP contribution in [-0.2, 0) is 26.2 Å². The van der Waals surface area contributed by atoms with Crippen LogP contribution in [0.2, 0.25) is 0 Å². The molecule has 0 radical (unpaired) electrons. The van der Waals surface area contributed by atoms with Crippen molar-refractivity contribution in [3.8, 4) is 11.5 Å². The van der Waals surface area contributed by atoms with E-state index in [4.69, 9.17) is 4.74 Å². The summed E-state index contributed by atoms with van der Waals surface area (Å²) in [5.74, 6) is -0.393. The van der Waals surface area contributed by atoms with E-state index in [1.165, 1.54) is 35.2 Å². The molecule has 1 atom stereocenters. The molecule has 0 bridgehead atoms. The first kappa shape index (κ1) is 32.2. The zero-order valence-corrected chi connectivity index (χ0v) is 25.7. The Morgan fingerprint density at radius 3 is 1.98 bits per heavy atom. The van der Waals surface area contributed by atoms with Crippen molar-refractivity contribution in [1.29, 1.82) is 0 Å². The van der Waals surface area contributed by atoms with Crippen LogP contribution >= 0.6 is 0 Å². The summed E-state index contributed by atoms with van der Waals surface area (Å²) in [4.78, 5) is 28.3. The number of amides is 2.